The summed E-state index contributed by atoms with van der Waals surface area (Å²) in [6, 6.07) is 3.52. The number of aromatic carboxylic acids is 1. The molecule has 2 heterocycles. The summed E-state index contributed by atoms with van der Waals surface area (Å²) in [5.41, 5.74) is 2.35. The van der Waals surface area contributed by atoms with E-state index in [1.807, 2.05) is 0 Å². The predicted molar refractivity (Wildman–Crippen MR) is 74.0 cm³/mol. The maximum Gasteiger partial charge on any atom is 0.338 e. The van der Waals surface area contributed by atoms with E-state index in [9.17, 15) is 9.90 Å². The molecule has 0 radical (unpaired) electrons. The van der Waals surface area contributed by atoms with Gasteiger partial charge in [-0.05, 0) is 55.1 Å². The largest absolute Gasteiger partial charge is 0.478 e. The second-order valence-corrected chi connectivity index (χ2v) is 5.62. The third-order valence-corrected chi connectivity index (χ3v) is 4.21. The molecule has 0 saturated heterocycles. The monoisotopic (exact) mass is 287 g/mol. The summed E-state index contributed by atoms with van der Waals surface area (Å²) in [4.78, 5) is 23.9. The normalized spacial score (nSPS) is 13.8. The molecule has 6 heteroatoms. The quantitative estimate of drug-likeness (QED) is 0.874. The van der Waals surface area contributed by atoms with E-state index >= 15 is 0 Å². The number of carbonyl (C=O) groups is 1. The molecule has 0 amide bonds. The molecule has 102 valence electrons. The first-order valence-electron chi connectivity index (χ1n) is 6.44. The number of carboxylic acid groups (broad SMARTS) is 1. The van der Waals surface area contributed by atoms with Gasteiger partial charge in [-0.15, -0.1) is 0 Å². The average Bonchev–Trinajstić information content (AvgIpc) is 2.47. The van der Waals surface area contributed by atoms with Crippen LogP contribution in [0.25, 0.3) is 0 Å². The summed E-state index contributed by atoms with van der Waals surface area (Å²) in [6.07, 6.45) is 7.14. The highest BCUT2D eigenvalue weighted by molar-refractivity contribution is 7.99. The van der Waals surface area contributed by atoms with Crippen LogP contribution < -0.4 is 0 Å². The first-order chi connectivity index (χ1) is 9.74. The van der Waals surface area contributed by atoms with Gasteiger partial charge in [0.1, 0.15) is 16.4 Å². The van der Waals surface area contributed by atoms with E-state index in [4.69, 9.17) is 0 Å². The number of hydrogen-bond donors (Lipinski definition) is 1. The van der Waals surface area contributed by atoms with Crippen LogP contribution in [0.15, 0.2) is 34.7 Å². The van der Waals surface area contributed by atoms with Gasteiger partial charge >= 0.3 is 5.97 Å². The number of aromatic nitrogens is 3. The molecule has 2 aromatic rings. The minimum Gasteiger partial charge on any atom is -0.478 e. The molecule has 0 bridgehead atoms. The van der Waals surface area contributed by atoms with Crippen LogP contribution in [0, 0.1) is 0 Å². The minimum absolute atomic E-state index is 0.259. The van der Waals surface area contributed by atoms with Crippen LogP contribution in [0.4, 0.5) is 0 Å². The Balaban J connectivity index is 2.02. The van der Waals surface area contributed by atoms with Crippen molar-refractivity contribution in [2.45, 2.75) is 35.7 Å². The van der Waals surface area contributed by atoms with Gasteiger partial charge in [0.15, 0.2) is 0 Å². The van der Waals surface area contributed by atoms with Gasteiger partial charge in [0.25, 0.3) is 0 Å². The van der Waals surface area contributed by atoms with Gasteiger partial charge in [0.2, 0.25) is 0 Å². The van der Waals surface area contributed by atoms with Crippen LogP contribution in [0.3, 0.4) is 0 Å². The molecular weight excluding hydrogens is 274 g/mol. The number of pyridine rings is 1. The van der Waals surface area contributed by atoms with Crippen LogP contribution in [-0.2, 0) is 12.8 Å². The summed E-state index contributed by atoms with van der Waals surface area (Å²) in [6.45, 7) is 0. The second-order valence-electron chi connectivity index (χ2n) is 4.61. The van der Waals surface area contributed by atoms with Gasteiger partial charge in [-0.2, -0.15) is 0 Å². The molecule has 0 aliphatic heterocycles. The molecule has 1 aliphatic carbocycles. The van der Waals surface area contributed by atoms with E-state index in [0.29, 0.717) is 10.1 Å². The van der Waals surface area contributed by atoms with E-state index in [1.54, 1.807) is 18.3 Å². The lowest BCUT2D eigenvalue weighted by molar-refractivity contribution is 0.0692. The standard InChI is InChI=1S/C14H13N3O2S/c18-14(19)10-7-9-3-1-2-4-11(9)17-13(10)20-12-5-6-15-8-16-12/h5-8H,1-4H2,(H,18,19). The van der Waals surface area contributed by atoms with E-state index < -0.39 is 5.97 Å². The number of aryl methyl sites for hydroxylation is 2. The molecule has 0 saturated carbocycles. The molecule has 5 nitrogen and oxygen atoms in total. The fraction of sp³-hybridized carbons (Fsp3) is 0.286. The van der Waals surface area contributed by atoms with Crippen molar-refractivity contribution in [3.05, 3.63) is 41.5 Å². The Bertz CT molecular complexity index is 646. The molecule has 0 atom stereocenters. The second kappa shape index (κ2) is 5.58. The number of carboxylic acids is 1. The number of fused-ring (bicyclic) bond motifs is 1. The fourth-order valence-corrected chi connectivity index (χ4v) is 3.12. The number of rotatable bonds is 3. The topological polar surface area (TPSA) is 76.0 Å². The van der Waals surface area contributed by atoms with E-state index in [-0.39, 0.29) is 5.56 Å². The van der Waals surface area contributed by atoms with Gasteiger partial charge in [-0.25, -0.2) is 19.7 Å². The first-order valence-corrected chi connectivity index (χ1v) is 7.25. The van der Waals surface area contributed by atoms with Crippen molar-refractivity contribution >= 4 is 17.7 Å². The predicted octanol–water partition coefficient (Wildman–Crippen LogP) is 2.60. The summed E-state index contributed by atoms with van der Waals surface area (Å²) >= 11 is 1.27. The Kier molecular flexibility index (Phi) is 3.64. The van der Waals surface area contributed by atoms with Crippen molar-refractivity contribution in [1.82, 2.24) is 15.0 Å². The van der Waals surface area contributed by atoms with Crippen LogP contribution in [0.5, 0.6) is 0 Å². The van der Waals surface area contributed by atoms with Gasteiger partial charge in [0, 0.05) is 11.9 Å². The van der Waals surface area contributed by atoms with Gasteiger partial charge < -0.3 is 5.11 Å². The Morgan fingerprint density at radius 1 is 1.30 bits per heavy atom. The fourth-order valence-electron chi connectivity index (χ4n) is 2.28. The maximum absolute atomic E-state index is 11.4. The molecule has 1 aliphatic rings. The highest BCUT2D eigenvalue weighted by Crippen LogP contribution is 2.31. The molecule has 0 fully saturated rings. The maximum atomic E-state index is 11.4. The van der Waals surface area contributed by atoms with Crippen molar-refractivity contribution in [2.24, 2.45) is 0 Å². The van der Waals surface area contributed by atoms with Crippen molar-refractivity contribution in [3.8, 4) is 0 Å². The average molecular weight is 287 g/mol. The zero-order chi connectivity index (χ0) is 13.9. The summed E-state index contributed by atoms with van der Waals surface area (Å²) in [5.74, 6) is -0.942. The first kappa shape index (κ1) is 13.1. The van der Waals surface area contributed by atoms with Crippen LogP contribution in [0.2, 0.25) is 0 Å². The summed E-state index contributed by atoms with van der Waals surface area (Å²) < 4.78 is 0. The van der Waals surface area contributed by atoms with Crippen LogP contribution in [0.1, 0.15) is 34.5 Å². The molecule has 0 aromatic carbocycles. The van der Waals surface area contributed by atoms with Gasteiger partial charge in [0.05, 0.1) is 5.56 Å². The highest BCUT2D eigenvalue weighted by Gasteiger charge is 2.19. The van der Waals surface area contributed by atoms with Crippen molar-refractivity contribution in [2.75, 3.05) is 0 Å². The number of nitrogens with zero attached hydrogens (tertiary/aromatic N) is 3. The summed E-state index contributed by atoms with van der Waals surface area (Å²) in [5, 5.41) is 10.6. The number of hydrogen-bond acceptors (Lipinski definition) is 5. The lowest BCUT2D eigenvalue weighted by Gasteiger charge is -2.17. The van der Waals surface area contributed by atoms with Gasteiger partial charge in [-0.3, -0.25) is 0 Å². The molecule has 3 rings (SSSR count). The molecule has 0 spiro atoms. The molecule has 2 aromatic heterocycles. The van der Waals surface area contributed by atoms with Crippen molar-refractivity contribution < 1.29 is 9.90 Å². The lowest BCUT2D eigenvalue weighted by atomic mass is 9.95. The molecule has 1 N–H and O–H groups in total. The zero-order valence-corrected chi connectivity index (χ0v) is 11.6. The minimum atomic E-state index is -0.942. The Morgan fingerprint density at radius 3 is 2.90 bits per heavy atom. The van der Waals surface area contributed by atoms with Crippen LogP contribution >= 0.6 is 11.8 Å². The molecule has 0 unspecified atom stereocenters. The van der Waals surface area contributed by atoms with E-state index in [2.05, 4.69) is 15.0 Å². The van der Waals surface area contributed by atoms with E-state index in [0.717, 1.165) is 36.9 Å². The van der Waals surface area contributed by atoms with Crippen molar-refractivity contribution in [3.63, 3.8) is 0 Å². The van der Waals surface area contributed by atoms with Crippen molar-refractivity contribution in [1.29, 1.82) is 0 Å². The smallest absolute Gasteiger partial charge is 0.338 e. The Morgan fingerprint density at radius 2 is 2.15 bits per heavy atom. The Labute approximate surface area is 120 Å². The third kappa shape index (κ3) is 2.65. The van der Waals surface area contributed by atoms with Crippen LogP contribution in [-0.4, -0.2) is 26.0 Å². The summed E-state index contributed by atoms with van der Waals surface area (Å²) in [7, 11) is 0. The van der Waals surface area contributed by atoms with Gasteiger partial charge in [-0.1, -0.05) is 0 Å². The zero-order valence-electron chi connectivity index (χ0n) is 10.7. The lowest BCUT2D eigenvalue weighted by Crippen LogP contribution is -2.10. The van der Waals surface area contributed by atoms with E-state index in [1.165, 1.54) is 18.1 Å². The highest BCUT2D eigenvalue weighted by atomic mass is 32.2. The molecule has 20 heavy (non-hydrogen) atoms. The SMILES string of the molecule is O=C(O)c1cc2c(nc1Sc1ccncn1)CCCC2. The molecular formula is C14H13N3O2S. The third-order valence-electron chi connectivity index (χ3n) is 3.25. The Hall–Kier alpha value is -1.95.